The molecule has 7 nitrogen and oxygen atoms in total. The summed E-state index contributed by atoms with van der Waals surface area (Å²) >= 11 is 5.94. The van der Waals surface area contributed by atoms with Gasteiger partial charge in [-0.05, 0) is 37.3 Å². The lowest BCUT2D eigenvalue weighted by molar-refractivity contribution is 0.0532. The molecule has 1 fully saturated rings. The van der Waals surface area contributed by atoms with Gasteiger partial charge in [0.1, 0.15) is 5.69 Å². The Hall–Kier alpha value is -2.93. The number of nitrogens with zero attached hydrogens (tertiary/aromatic N) is 3. The summed E-state index contributed by atoms with van der Waals surface area (Å²) in [6.07, 6.45) is 0. The Balaban J connectivity index is 1.65. The zero-order valence-electron chi connectivity index (χ0n) is 14.7. The molecule has 27 heavy (non-hydrogen) atoms. The number of pyridine rings is 1. The van der Waals surface area contributed by atoms with Crippen LogP contribution in [0.25, 0.3) is 0 Å². The van der Waals surface area contributed by atoms with Gasteiger partial charge in [-0.1, -0.05) is 17.7 Å². The third-order valence-electron chi connectivity index (χ3n) is 4.46. The van der Waals surface area contributed by atoms with Crippen molar-refractivity contribution in [1.82, 2.24) is 14.8 Å². The van der Waals surface area contributed by atoms with Crippen molar-refractivity contribution in [2.45, 2.75) is 6.92 Å². The number of carbonyl (C=O) groups excluding carboxylic acids is 2. The highest BCUT2D eigenvalue weighted by molar-refractivity contribution is 6.30. The van der Waals surface area contributed by atoms with E-state index < -0.39 is 5.97 Å². The van der Waals surface area contributed by atoms with Crippen molar-refractivity contribution in [3.05, 3.63) is 63.9 Å². The molecule has 2 aromatic rings. The topological polar surface area (TPSA) is 90.8 Å². The summed E-state index contributed by atoms with van der Waals surface area (Å²) in [4.78, 5) is 43.6. The number of piperazine rings is 1. The van der Waals surface area contributed by atoms with Crippen LogP contribution in [0, 0.1) is 6.92 Å². The molecule has 8 heteroatoms. The quantitative estimate of drug-likeness (QED) is 0.872. The summed E-state index contributed by atoms with van der Waals surface area (Å²) in [6.45, 7) is 3.13. The van der Waals surface area contributed by atoms with Crippen molar-refractivity contribution >= 4 is 29.4 Å². The molecule has 2 amide bonds. The third kappa shape index (κ3) is 4.09. The lowest BCUT2D eigenvalue weighted by Gasteiger charge is -2.34. The van der Waals surface area contributed by atoms with E-state index in [0.717, 1.165) is 0 Å². The molecule has 0 aliphatic carbocycles. The number of carboxylic acids is 1. The minimum Gasteiger partial charge on any atom is -0.478 e. The lowest BCUT2D eigenvalue weighted by Crippen LogP contribution is -2.50. The average molecular weight is 388 g/mol. The number of aromatic nitrogens is 1. The number of carbonyl (C=O) groups is 3. The number of halogens is 1. The van der Waals surface area contributed by atoms with Crippen LogP contribution in [-0.4, -0.2) is 63.9 Å². The summed E-state index contributed by atoms with van der Waals surface area (Å²) in [5.74, 6) is -1.47. The van der Waals surface area contributed by atoms with Gasteiger partial charge in [0.05, 0.1) is 11.3 Å². The summed E-state index contributed by atoms with van der Waals surface area (Å²) in [5.41, 5.74) is 1.09. The maximum absolute atomic E-state index is 12.6. The molecule has 1 aromatic heterocycles. The molecule has 2 heterocycles. The van der Waals surface area contributed by atoms with E-state index in [1.807, 2.05) is 0 Å². The second-order valence-electron chi connectivity index (χ2n) is 6.23. The fraction of sp³-hybridized carbons (Fsp3) is 0.263. The van der Waals surface area contributed by atoms with Crippen LogP contribution < -0.4 is 0 Å². The number of hydrogen-bond donors (Lipinski definition) is 1. The third-order valence-corrected chi connectivity index (χ3v) is 4.70. The van der Waals surface area contributed by atoms with Crippen molar-refractivity contribution < 1.29 is 19.5 Å². The number of benzene rings is 1. The average Bonchev–Trinajstić information content (AvgIpc) is 2.66. The first-order valence-corrected chi connectivity index (χ1v) is 8.79. The van der Waals surface area contributed by atoms with Gasteiger partial charge in [-0.25, -0.2) is 9.78 Å². The Kier molecular flexibility index (Phi) is 5.41. The fourth-order valence-electron chi connectivity index (χ4n) is 2.98. The maximum Gasteiger partial charge on any atom is 0.337 e. The number of hydrogen-bond acceptors (Lipinski definition) is 4. The van der Waals surface area contributed by atoms with E-state index in [1.54, 1.807) is 41.0 Å². The summed E-state index contributed by atoms with van der Waals surface area (Å²) in [7, 11) is 0. The second kappa shape index (κ2) is 7.75. The van der Waals surface area contributed by atoms with Gasteiger partial charge in [0.2, 0.25) is 0 Å². The molecule has 0 unspecified atom stereocenters. The molecule has 1 N–H and O–H groups in total. The molecular weight excluding hydrogens is 370 g/mol. The highest BCUT2D eigenvalue weighted by atomic mass is 35.5. The Labute approximate surface area is 161 Å². The van der Waals surface area contributed by atoms with Crippen LogP contribution in [-0.2, 0) is 0 Å². The fourth-order valence-corrected chi connectivity index (χ4v) is 3.18. The first kappa shape index (κ1) is 18.8. The van der Waals surface area contributed by atoms with Crippen LogP contribution in [0.3, 0.4) is 0 Å². The molecule has 0 atom stereocenters. The van der Waals surface area contributed by atoms with Gasteiger partial charge in [0.25, 0.3) is 11.8 Å². The molecular formula is C19H18ClN3O4. The lowest BCUT2D eigenvalue weighted by atomic mass is 10.1. The van der Waals surface area contributed by atoms with Crippen LogP contribution in [0.5, 0.6) is 0 Å². The largest absolute Gasteiger partial charge is 0.478 e. The molecule has 0 radical (unpaired) electrons. The van der Waals surface area contributed by atoms with Crippen molar-refractivity contribution in [2.75, 3.05) is 26.2 Å². The number of rotatable bonds is 3. The zero-order valence-corrected chi connectivity index (χ0v) is 15.4. The highest BCUT2D eigenvalue weighted by Crippen LogP contribution is 2.15. The van der Waals surface area contributed by atoms with Gasteiger partial charge < -0.3 is 14.9 Å². The SMILES string of the molecule is Cc1nc(C(=O)N2CCN(C(=O)c3cccc(Cl)c3)CC2)ccc1C(=O)O. The Morgan fingerprint density at radius 1 is 1.00 bits per heavy atom. The Bertz CT molecular complexity index is 908. The summed E-state index contributed by atoms with van der Waals surface area (Å²) in [6, 6.07) is 9.57. The first-order valence-electron chi connectivity index (χ1n) is 8.42. The monoisotopic (exact) mass is 387 g/mol. The molecule has 0 bridgehead atoms. The molecule has 0 saturated carbocycles. The normalized spacial score (nSPS) is 14.1. The van der Waals surface area contributed by atoms with Gasteiger partial charge in [-0.3, -0.25) is 9.59 Å². The van der Waals surface area contributed by atoms with Crippen LogP contribution in [0.2, 0.25) is 5.02 Å². The van der Waals surface area contributed by atoms with Crippen molar-refractivity contribution in [1.29, 1.82) is 0 Å². The second-order valence-corrected chi connectivity index (χ2v) is 6.67. The van der Waals surface area contributed by atoms with Crippen LogP contribution in [0.4, 0.5) is 0 Å². The van der Waals surface area contributed by atoms with E-state index in [4.69, 9.17) is 16.7 Å². The van der Waals surface area contributed by atoms with Gasteiger partial charge in [-0.2, -0.15) is 0 Å². The minimum absolute atomic E-state index is 0.0727. The summed E-state index contributed by atoms with van der Waals surface area (Å²) in [5, 5.41) is 9.56. The van der Waals surface area contributed by atoms with E-state index in [1.165, 1.54) is 12.1 Å². The molecule has 3 rings (SSSR count). The predicted octanol–water partition coefficient (Wildman–Crippen LogP) is 2.34. The van der Waals surface area contributed by atoms with Gasteiger partial charge >= 0.3 is 5.97 Å². The molecule has 1 saturated heterocycles. The number of carboxylic acid groups (broad SMARTS) is 1. The van der Waals surface area contributed by atoms with E-state index in [-0.39, 0.29) is 23.1 Å². The molecule has 1 aliphatic rings. The highest BCUT2D eigenvalue weighted by Gasteiger charge is 2.26. The predicted molar refractivity (Wildman–Crippen MR) is 99.2 cm³/mol. The maximum atomic E-state index is 12.6. The number of aryl methyl sites for hydroxylation is 1. The smallest absolute Gasteiger partial charge is 0.337 e. The van der Waals surface area contributed by atoms with E-state index in [0.29, 0.717) is 42.5 Å². The van der Waals surface area contributed by atoms with Crippen molar-refractivity contribution in [3.63, 3.8) is 0 Å². The summed E-state index contributed by atoms with van der Waals surface area (Å²) < 4.78 is 0. The van der Waals surface area contributed by atoms with Gasteiger partial charge in [0.15, 0.2) is 0 Å². The molecule has 1 aliphatic heterocycles. The van der Waals surface area contributed by atoms with Crippen molar-refractivity contribution in [3.8, 4) is 0 Å². The van der Waals surface area contributed by atoms with Crippen LogP contribution >= 0.6 is 11.6 Å². The zero-order chi connectivity index (χ0) is 19.6. The molecule has 140 valence electrons. The molecule has 0 spiro atoms. The number of amides is 2. The van der Waals surface area contributed by atoms with Crippen molar-refractivity contribution in [2.24, 2.45) is 0 Å². The van der Waals surface area contributed by atoms with E-state index in [2.05, 4.69) is 4.98 Å². The first-order chi connectivity index (χ1) is 12.9. The van der Waals surface area contributed by atoms with Gasteiger partial charge in [0, 0.05) is 36.8 Å². The van der Waals surface area contributed by atoms with E-state index in [9.17, 15) is 14.4 Å². The number of aromatic carboxylic acids is 1. The Morgan fingerprint density at radius 2 is 1.63 bits per heavy atom. The van der Waals surface area contributed by atoms with Crippen LogP contribution in [0.1, 0.15) is 36.9 Å². The standard InChI is InChI=1S/C19H18ClN3O4/c1-12-15(19(26)27)5-6-16(21-12)18(25)23-9-7-22(8-10-23)17(24)13-3-2-4-14(20)11-13/h2-6,11H,7-10H2,1H3,(H,26,27). The molecule has 1 aromatic carbocycles. The van der Waals surface area contributed by atoms with E-state index >= 15 is 0 Å². The van der Waals surface area contributed by atoms with Gasteiger partial charge in [-0.15, -0.1) is 0 Å². The minimum atomic E-state index is -1.08. The van der Waals surface area contributed by atoms with Crippen LogP contribution in [0.15, 0.2) is 36.4 Å². The Morgan fingerprint density at radius 3 is 2.19 bits per heavy atom.